The SMILES string of the molecule is CNC(CCCN)c1cc(OC)c(C)cc1OC. The van der Waals surface area contributed by atoms with Crippen molar-refractivity contribution < 1.29 is 9.47 Å². The highest BCUT2D eigenvalue weighted by Gasteiger charge is 2.16. The molecule has 1 rings (SSSR count). The Balaban J connectivity index is 3.09. The summed E-state index contributed by atoms with van der Waals surface area (Å²) in [7, 11) is 5.33. The lowest BCUT2D eigenvalue weighted by molar-refractivity contribution is 0.386. The van der Waals surface area contributed by atoms with E-state index in [1.165, 1.54) is 0 Å². The van der Waals surface area contributed by atoms with Crippen LogP contribution in [0.15, 0.2) is 12.1 Å². The van der Waals surface area contributed by atoms with Gasteiger partial charge in [-0.1, -0.05) is 0 Å². The van der Waals surface area contributed by atoms with Gasteiger partial charge in [-0.3, -0.25) is 0 Å². The van der Waals surface area contributed by atoms with E-state index >= 15 is 0 Å². The van der Waals surface area contributed by atoms with E-state index in [0.29, 0.717) is 6.54 Å². The molecule has 0 fully saturated rings. The first-order valence-electron chi connectivity index (χ1n) is 6.27. The van der Waals surface area contributed by atoms with Gasteiger partial charge < -0.3 is 20.5 Å². The van der Waals surface area contributed by atoms with E-state index in [4.69, 9.17) is 15.2 Å². The van der Waals surface area contributed by atoms with Crippen molar-refractivity contribution in [3.63, 3.8) is 0 Å². The van der Waals surface area contributed by atoms with Crippen LogP contribution in [0.2, 0.25) is 0 Å². The van der Waals surface area contributed by atoms with Crippen molar-refractivity contribution in [3.8, 4) is 11.5 Å². The van der Waals surface area contributed by atoms with Crippen molar-refractivity contribution in [1.29, 1.82) is 0 Å². The largest absolute Gasteiger partial charge is 0.496 e. The molecule has 0 saturated carbocycles. The Hall–Kier alpha value is -1.26. The number of aryl methyl sites for hydroxylation is 1. The van der Waals surface area contributed by atoms with Gasteiger partial charge in [0.15, 0.2) is 0 Å². The molecule has 1 unspecified atom stereocenters. The van der Waals surface area contributed by atoms with Crippen LogP contribution < -0.4 is 20.5 Å². The van der Waals surface area contributed by atoms with Crippen molar-refractivity contribution in [1.82, 2.24) is 5.32 Å². The Kier molecular flexibility index (Phi) is 5.95. The quantitative estimate of drug-likeness (QED) is 0.779. The van der Waals surface area contributed by atoms with Crippen molar-refractivity contribution in [2.45, 2.75) is 25.8 Å². The minimum absolute atomic E-state index is 0.234. The lowest BCUT2D eigenvalue weighted by Crippen LogP contribution is -2.18. The molecule has 0 aliphatic carbocycles. The predicted octanol–water partition coefficient (Wildman–Crippen LogP) is 2.01. The highest BCUT2D eigenvalue weighted by molar-refractivity contribution is 5.47. The summed E-state index contributed by atoms with van der Waals surface area (Å²) in [4.78, 5) is 0. The van der Waals surface area contributed by atoms with Crippen molar-refractivity contribution >= 4 is 0 Å². The lowest BCUT2D eigenvalue weighted by atomic mass is 9.99. The van der Waals surface area contributed by atoms with Crippen molar-refractivity contribution in [3.05, 3.63) is 23.3 Å². The van der Waals surface area contributed by atoms with Crippen LogP contribution in [0.4, 0.5) is 0 Å². The molecule has 4 heteroatoms. The Bertz CT molecular complexity index is 380. The van der Waals surface area contributed by atoms with Gasteiger partial charge in [0.1, 0.15) is 11.5 Å². The number of nitrogens with one attached hydrogen (secondary N) is 1. The molecule has 0 heterocycles. The average molecular weight is 252 g/mol. The standard InChI is InChI=1S/C14H24N2O2/c1-10-8-14(18-4)11(9-13(10)17-3)12(16-2)6-5-7-15/h8-9,12,16H,5-7,15H2,1-4H3. The third-order valence-corrected chi connectivity index (χ3v) is 3.17. The number of rotatable bonds is 7. The molecule has 0 aliphatic heterocycles. The number of methoxy groups -OCH3 is 2. The van der Waals surface area contributed by atoms with Gasteiger partial charge in [-0.25, -0.2) is 0 Å². The van der Waals surface area contributed by atoms with Gasteiger partial charge in [0.25, 0.3) is 0 Å². The summed E-state index contributed by atoms with van der Waals surface area (Å²) in [5.41, 5.74) is 7.77. The van der Waals surface area contributed by atoms with Gasteiger partial charge in [-0.15, -0.1) is 0 Å². The molecule has 3 N–H and O–H groups in total. The molecule has 0 bridgehead atoms. The van der Waals surface area contributed by atoms with E-state index in [1.807, 2.05) is 26.1 Å². The molecular formula is C14H24N2O2. The van der Waals surface area contributed by atoms with E-state index in [-0.39, 0.29) is 6.04 Å². The first kappa shape index (κ1) is 14.8. The summed E-state index contributed by atoms with van der Waals surface area (Å²) < 4.78 is 10.8. The zero-order valence-electron chi connectivity index (χ0n) is 11.7. The normalized spacial score (nSPS) is 12.3. The average Bonchev–Trinajstić information content (AvgIpc) is 2.40. The zero-order chi connectivity index (χ0) is 13.5. The van der Waals surface area contributed by atoms with Gasteiger partial charge in [0, 0.05) is 11.6 Å². The summed E-state index contributed by atoms with van der Waals surface area (Å²) >= 11 is 0. The highest BCUT2D eigenvalue weighted by atomic mass is 16.5. The minimum atomic E-state index is 0.234. The Morgan fingerprint density at radius 2 is 1.89 bits per heavy atom. The molecule has 102 valence electrons. The maximum atomic E-state index is 5.58. The van der Waals surface area contributed by atoms with Gasteiger partial charge in [-0.2, -0.15) is 0 Å². The Morgan fingerprint density at radius 1 is 1.22 bits per heavy atom. The smallest absolute Gasteiger partial charge is 0.124 e. The molecule has 0 spiro atoms. The van der Waals surface area contributed by atoms with Gasteiger partial charge in [0.05, 0.1) is 14.2 Å². The third-order valence-electron chi connectivity index (χ3n) is 3.17. The van der Waals surface area contributed by atoms with Crippen LogP contribution in [0.5, 0.6) is 11.5 Å². The second kappa shape index (κ2) is 7.24. The van der Waals surface area contributed by atoms with E-state index in [2.05, 4.69) is 5.32 Å². The maximum absolute atomic E-state index is 5.58. The Morgan fingerprint density at radius 3 is 2.39 bits per heavy atom. The van der Waals surface area contributed by atoms with Crippen LogP contribution in [0.3, 0.4) is 0 Å². The third kappa shape index (κ3) is 3.37. The monoisotopic (exact) mass is 252 g/mol. The number of benzene rings is 1. The number of hydrogen-bond acceptors (Lipinski definition) is 4. The van der Waals surface area contributed by atoms with Crippen LogP contribution in [-0.4, -0.2) is 27.8 Å². The molecule has 0 amide bonds. The summed E-state index contributed by atoms with van der Waals surface area (Å²) in [6.45, 7) is 2.71. The van der Waals surface area contributed by atoms with Crippen LogP contribution in [0.25, 0.3) is 0 Å². The van der Waals surface area contributed by atoms with E-state index in [9.17, 15) is 0 Å². The lowest BCUT2D eigenvalue weighted by Gasteiger charge is -2.21. The van der Waals surface area contributed by atoms with E-state index in [0.717, 1.165) is 35.5 Å². The topological polar surface area (TPSA) is 56.5 Å². The van der Waals surface area contributed by atoms with Crippen molar-refractivity contribution in [2.24, 2.45) is 5.73 Å². The highest BCUT2D eigenvalue weighted by Crippen LogP contribution is 2.33. The molecule has 1 aromatic rings. The molecular weight excluding hydrogens is 228 g/mol. The van der Waals surface area contributed by atoms with Crippen molar-refractivity contribution in [2.75, 3.05) is 27.8 Å². The molecule has 0 radical (unpaired) electrons. The first-order valence-corrected chi connectivity index (χ1v) is 6.27. The molecule has 0 aliphatic rings. The molecule has 0 saturated heterocycles. The summed E-state index contributed by atoms with van der Waals surface area (Å²) in [5, 5.41) is 3.31. The van der Waals surface area contributed by atoms with Gasteiger partial charge >= 0.3 is 0 Å². The molecule has 0 aromatic heterocycles. The second-order valence-corrected chi connectivity index (χ2v) is 4.34. The number of ether oxygens (including phenoxy) is 2. The van der Waals surface area contributed by atoms with Crippen LogP contribution in [0.1, 0.15) is 30.0 Å². The number of hydrogen-bond donors (Lipinski definition) is 2. The second-order valence-electron chi connectivity index (χ2n) is 4.34. The summed E-state index contributed by atoms with van der Waals surface area (Å²) in [6, 6.07) is 4.30. The fourth-order valence-electron chi connectivity index (χ4n) is 2.12. The number of nitrogens with two attached hydrogens (primary N) is 1. The molecule has 1 atom stereocenters. The summed E-state index contributed by atoms with van der Waals surface area (Å²) in [6.07, 6.45) is 1.96. The fourth-order valence-corrected chi connectivity index (χ4v) is 2.12. The molecule has 18 heavy (non-hydrogen) atoms. The summed E-state index contributed by atoms with van der Waals surface area (Å²) in [5.74, 6) is 1.78. The van der Waals surface area contributed by atoms with Gasteiger partial charge in [0.2, 0.25) is 0 Å². The maximum Gasteiger partial charge on any atom is 0.124 e. The Labute approximate surface area is 109 Å². The fraction of sp³-hybridized carbons (Fsp3) is 0.571. The minimum Gasteiger partial charge on any atom is -0.496 e. The van der Waals surface area contributed by atoms with E-state index in [1.54, 1.807) is 14.2 Å². The first-order chi connectivity index (χ1) is 8.67. The molecule has 4 nitrogen and oxygen atoms in total. The zero-order valence-corrected chi connectivity index (χ0v) is 11.7. The van der Waals surface area contributed by atoms with Crippen LogP contribution in [-0.2, 0) is 0 Å². The van der Waals surface area contributed by atoms with Gasteiger partial charge in [-0.05, 0) is 51.1 Å². The van der Waals surface area contributed by atoms with Crippen LogP contribution >= 0.6 is 0 Å². The van der Waals surface area contributed by atoms with Crippen LogP contribution in [0, 0.1) is 6.92 Å². The molecule has 1 aromatic carbocycles. The van der Waals surface area contributed by atoms with E-state index < -0.39 is 0 Å². The predicted molar refractivity (Wildman–Crippen MR) is 74.4 cm³/mol.